The van der Waals surface area contributed by atoms with Crippen LogP contribution in [-0.4, -0.2) is 33.9 Å². The molecule has 16 heavy (non-hydrogen) atoms. The molecular weight excluding hydrogens is 236 g/mol. The summed E-state index contributed by atoms with van der Waals surface area (Å²) >= 11 is 5.61. The van der Waals surface area contributed by atoms with Crippen LogP contribution in [0.2, 0.25) is 5.15 Å². The summed E-state index contributed by atoms with van der Waals surface area (Å²) in [7, 11) is 0. The smallest absolute Gasteiger partial charge is 0.250 e. The van der Waals surface area contributed by atoms with Gasteiger partial charge in [-0.2, -0.15) is 0 Å². The molecule has 6 heteroatoms. The summed E-state index contributed by atoms with van der Waals surface area (Å²) in [6.45, 7) is 1.36. The van der Waals surface area contributed by atoms with Crippen molar-refractivity contribution in [3.05, 3.63) is 23.2 Å². The van der Waals surface area contributed by atoms with E-state index >= 15 is 0 Å². The second-order valence-corrected chi connectivity index (χ2v) is 4.35. The number of aromatic nitrogens is 2. The van der Waals surface area contributed by atoms with Gasteiger partial charge in [-0.1, -0.05) is 11.6 Å². The van der Waals surface area contributed by atoms with E-state index in [1.807, 2.05) is 4.90 Å². The average Bonchev–Trinajstić information content (AvgIpc) is 2.24. The highest BCUT2D eigenvalue weighted by Gasteiger charge is 2.33. The maximum atomic E-state index is 12.9. The summed E-state index contributed by atoms with van der Waals surface area (Å²) in [5, 5.41) is 0.342. The van der Waals surface area contributed by atoms with Gasteiger partial charge < -0.3 is 0 Å². The largest absolute Gasteiger partial charge is 0.297 e. The Balaban J connectivity index is 1.89. The van der Waals surface area contributed by atoms with E-state index in [2.05, 4.69) is 9.97 Å². The molecule has 0 spiro atoms. The molecule has 0 unspecified atom stereocenters. The summed E-state index contributed by atoms with van der Waals surface area (Å²) in [6.07, 6.45) is 2.90. The first kappa shape index (κ1) is 11.7. The maximum absolute atomic E-state index is 12.9. The zero-order chi connectivity index (χ0) is 11.6. The lowest BCUT2D eigenvalue weighted by Gasteiger charge is -2.31. The van der Waals surface area contributed by atoms with E-state index in [4.69, 9.17) is 11.6 Å². The molecule has 1 aliphatic rings. The van der Waals surface area contributed by atoms with Crippen molar-refractivity contribution in [2.24, 2.45) is 0 Å². The summed E-state index contributed by atoms with van der Waals surface area (Å²) in [4.78, 5) is 9.94. The summed E-state index contributed by atoms with van der Waals surface area (Å²) in [5.74, 6) is -2.50. The van der Waals surface area contributed by atoms with Gasteiger partial charge >= 0.3 is 0 Å². The molecule has 0 saturated carbocycles. The third-order valence-corrected chi connectivity index (χ3v) is 2.84. The fourth-order valence-electron chi connectivity index (χ4n) is 1.69. The number of nitrogens with zero attached hydrogens (tertiary/aromatic N) is 3. The Morgan fingerprint density at radius 1 is 1.25 bits per heavy atom. The number of hydrogen-bond donors (Lipinski definition) is 0. The zero-order valence-electron chi connectivity index (χ0n) is 8.67. The number of halogens is 3. The van der Waals surface area contributed by atoms with Gasteiger partial charge in [0.25, 0.3) is 5.92 Å². The third kappa shape index (κ3) is 3.09. The summed E-state index contributed by atoms with van der Waals surface area (Å²) in [6, 6.07) is 0. The van der Waals surface area contributed by atoms with Crippen molar-refractivity contribution < 1.29 is 8.78 Å². The highest BCUT2D eigenvalue weighted by atomic mass is 35.5. The Morgan fingerprint density at radius 3 is 2.50 bits per heavy atom. The van der Waals surface area contributed by atoms with E-state index in [1.54, 1.807) is 6.20 Å². The summed E-state index contributed by atoms with van der Waals surface area (Å²) in [5.41, 5.74) is 0.759. The van der Waals surface area contributed by atoms with Crippen LogP contribution in [0.15, 0.2) is 12.4 Å². The molecule has 0 radical (unpaired) electrons. The Morgan fingerprint density at radius 2 is 1.94 bits per heavy atom. The van der Waals surface area contributed by atoms with Gasteiger partial charge in [0.1, 0.15) is 5.15 Å². The van der Waals surface area contributed by atoms with Crippen molar-refractivity contribution >= 4 is 11.6 Å². The number of rotatable bonds is 2. The predicted molar refractivity (Wildman–Crippen MR) is 56.5 cm³/mol. The van der Waals surface area contributed by atoms with Crippen molar-refractivity contribution in [3.63, 3.8) is 0 Å². The second kappa shape index (κ2) is 4.59. The quantitative estimate of drug-likeness (QED) is 0.803. The zero-order valence-corrected chi connectivity index (χ0v) is 9.42. The number of likely N-dealkylation sites (tertiary alicyclic amines) is 1. The van der Waals surface area contributed by atoms with Crippen molar-refractivity contribution in [2.75, 3.05) is 13.1 Å². The number of alkyl halides is 2. The lowest BCUT2D eigenvalue weighted by Crippen LogP contribution is -2.39. The van der Waals surface area contributed by atoms with Gasteiger partial charge in [0.05, 0.1) is 18.1 Å². The molecule has 0 amide bonds. The number of piperidine rings is 1. The van der Waals surface area contributed by atoms with Crippen LogP contribution in [0.25, 0.3) is 0 Å². The van der Waals surface area contributed by atoms with Gasteiger partial charge in [0.15, 0.2) is 0 Å². The Labute approximate surface area is 97.4 Å². The molecule has 1 aliphatic heterocycles. The lowest BCUT2D eigenvalue weighted by atomic mass is 10.1. The fraction of sp³-hybridized carbons (Fsp3) is 0.600. The van der Waals surface area contributed by atoms with E-state index in [1.165, 1.54) is 6.20 Å². The van der Waals surface area contributed by atoms with Crippen LogP contribution in [-0.2, 0) is 6.54 Å². The van der Waals surface area contributed by atoms with Crippen molar-refractivity contribution in [2.45, 2.75) is 25.3 Å². The minimum atomic E-state index is -2.50. The SMILES string of the molecule is FC1(F)CCN(Cc2cnc(Cl)cn2)CC1. The Hall–Kier alpha value is -0.810. The molecule has 1 fully saturated rings. The molecule has 3 nitrogen and oxygen atoms in total. The predicted octanol–water partition coefficient (Wildman–Crippen LogP) is 2.36. The van der Waals surface area contributed by atoms with Gasteiger partial charge in [-0.3, -0.25) is 9.88 Å². The molecule has 0 aromatic carbocycles. The van der Waals surface area contributed by atoms with Gasteiger partial charge in [-0.25, -0.2) is 13.8 Å². The Kier molecular flexibility index (Phi) is 3.35. The molecule has 88 valence electrons. The van der Waals surface area contributed by atoms with E-state index in [0.717, 1.165) is 5.69 Å². The lowest BCUT2D eigenvalue weighted by molar-refractivity contribution is -0.0568. The van der Waals surface area contributed by atoms with E-state index < -0.39 is 5.92 Å². The van der Waals surface area contributed by atoms with Gasteiger partial charge in [-0.05, 0) is 0 Å². The molecule has 0 N–H and O–H groups in total. The van der Waals surface area contributed by atoms with Crippen molar-refractivity contribution in [1.82, 2.24) is 14.9 Å². The topological polar surface area (TPSA) is 29.0 Å². The molecule has 2 rings (SSSR count). The van der Waals surface area contributed by atoms with Crippen LogP contribution >= 0.6 is 11.6 Å². The molecular formula is C10H12ClF2N3. The molecule has 0 bridgehead atoms. The van der Waals surface area contributed by atoms with Gasteiger partial charge in [0, 0.05) is 32.5 Å². The normalized spacial score (nSPS) is 20.9. The molecule has 1 saturated heterocycles. The monoisotopic (exact) mass is 247 g/mol. The van der Waals surface area contributed by atoms with Crippen molar-refractivity contribution in [1.29, 1.82) is 0 Å². The van der Waals surface area contributed by atoms with E-state index in [0.29, 0.717) is 24.8 Å². The molecule has 2 heterocycles. The van der Waals surface area contributed by atoms with Crippen LogP contribution in [0.4, 0.5) is 8.78 Å². The maximum Gasteiger partial charge on any atom is 0.250 e. The molecule has 0 aliphatic carbocycles. The third-order valence-electron chi connectivity index (χ3n) is 2.65. The Bertz CT molecular complexity index is 346. The first-order chi connectivity index (χ1) is 7.55. The van der Waals surface area contributed by atoms with E-state index in [-0.39, 0.29) is 12.8 Å². The standard InChI is InChI=1S/C10H12ClF2N3/c11-9-6-14-8(5-15-9)7-16-3-1-10(12,13)2-4-16/h5-6H,1-4,7H2. The highest BCUT2D eigenvalue weighted by Crippen LogP contribution is 2.28. The fourth-order valence-corrected chi connectivity index (χ4v) is 1.79. The van der Waals surface area contributed by atoms with E-state index in [9.17, 15) is 8.78 Å². The second-order valence-electron chi connectivity index (χ2n) is 3.96. The van der Waals surface area contributed by atoms with Crippen molar-refractivity contribution in [3.8, 4) is 0 Å². The van der Waals surface area contributed by atoms with Gasteiger partial charge in [-0.15, -0.1) is 0 Å². The molecule has 0 atom stereocenters. The first-order valence-corrected chi connectivity index (χ1v) is 5.50. The summed E-state index contributed by atoms with van der Waals surface area (Å²) < 4.78 is 25.8. The molecule has 1 aromatic rings. The average molecular weight is 248 g/mol. The van der Waals surface area contributed by atoms with Crippen LogP contribution in [0.3, 0.4) is 0 Å². The first-order valence-electron chi connectivity index (χ1n) is 5.12. The van der Waals surface area contributed by atoms with Crippen LogP contribution in [0.5, 0.6) is 0 Å². The highest BCUT2D eigenvalue weighted by molar-refractivity contribution is 6.29. The van der Waals surface area contributed by atoms with Crippen LogP contribution in [0.1, 0.15) is 18.5 Å². The minimum absolute atomic E-state index is 0.0754. The minimum Gasteiger partial charge on any atom is -0.297 e. The molecule has 1 aromatic heterocycles. The number of hydrogen-bond acceptors (Lipinski definition) is 3. The van der Waals surface area contributed by atoms with Crippen LogP contribution < -0.4 is 0 Å². The van der Waals surface area contributed by atoms with Gasteiger partial charge in [0.2, 0.25) is 0 Å². The van der Waals surface area contributed by atoms with Crippen LogP contribution in [0, 0.1) is 0 Å².